The molecule has 2 rings (SSSR count). The summed E-state index contributed by atoms with van der Waals surface area (Å²) in [5.41, 5.74) is 4.45. The van der Waals surface area contributed by atoms with E-state index in [0.717, 1.165) is 12.1 Å². The average Bonchev–Trinajstić information content (AvgIpc) is 2.36. The lowest BCUT2D eigenvalue weighted by Crippen LogP contribution is -2.39. The molecule has 0 aliphatic carbocycles. The van der Waals surface area contributed by atoms with Crippen molar-refractivity contribution < 1.29 is 18.3 Å². The SMILES string of the molecule is Nc1ccc(F)c(C(=O)NC2CCOCC2)c1F. The molecule has 1 aromatic carbocycles. The average molecular weight is 256 g/mol. The zero-order valence-electron chi connectivity index (χ0n) is 9.71. The predicted molar refractivity (Wildman–Crippen MR) is 62.1 cm³/mol. The van der Waals surface area contributed by atoms with Gasteiger partial charge in [-0.1, -0.05) is 0 Å². The molecule has 1 heterocycles. The number of rotatable bonds is 2. The molecule has 0 radical (unpaired) electrons. The van der Waals surface area contributed by atoms with Gasteiger partial charge >= 0.3 is 0 Å². The Kier molecular flexibility index (Phi) is 3.76. The number of ether oxygens (including phenoxy) is 1. The van der Waals surface area contributed by atoms with E-state index in [4.69, 9.17) is 10.5 Å². The molecule has 0 bridgehead atoms. The van der Waals surface area contributed by atoms with Crippen LogP contribution >= 0.6 is 0 Å². The van der Waals surface area contributed by atoms with Crippen molar-refractivity contribution in [2.24, 2.45) is 0 Å². The van der Waals surface area contributed by atoms with Crippen molar-refractivity contribution in [2.45, 2.75) is 18.9 Å². The van der Waals surface area contributed by atoms with Crippen LogP contribution in [0.25, 0.3) is 0 Å². The van der Waals surface area contributed by atoms with Crippen LogP contribution in [-0.4, -0.2) is 25.2 Å². The maximum Gasteiger partial charge on any atom is 0.257 e. The van der Waals surface area contributed by atoms with Gasteiger partial charge in [0.15, 0.2) is 5.82 Å². The lowest BCUT2D eigenvalue weighted by Gasteiger charge is -2.23. The fraction of sp³-hybridized carbons (Fsp3) is 0.417. The second-order valence-electron chi connectivity index (χ2n) is 4.19. The summed E-state index contributed by atoms with van der Waals surface area (Å²) >= 11 is 0. The van der Waals surface area contributed by atoms with Crippen LogP contribution in [0.2, 0.25) is 0 Å². The molecule has 98 valence electrons. The van der Waals surface area contributed by atoms with Gasteiger partial charge in [0.2, 0.25) is 0 Å². The van der Waals surface area contributed by atoms with E-state index in [0.29, 0.717) is 26.1 Å². The molecule has 1 amide bonds. The fourth-order valence-corrected chi connectivity index (χ4v) is 1.88. The number of hydrogen-bond acceptors (Lipinski definition) is 3. The van der Waals surface area contributed by atoms with Gasteiger partial charge in [0, 0.05) is 19.3 Å². The summed E-state index contributed by atoms with van der Waals surface area (Å²) in [4.78, 5) is 11.8. The van der Waals surface area contributed by atoms with E-state index in [1.165, 1.54) is 0 Å². The summed E-state index contributed by atoms with van der Waals surface area (Å²) in [5.74, 6) is -2.70. The number of hydrogen-bond donors (Lipinski definition) is 2. The van der Waals surface area contributed by atoms with Gasteiger partial charge in [0.25, 0.3) is 5.91 Å². The van der Waals surface area contributed by atoms with Gasteiger partial charge in [0.1, 0.15) is 11.4 Å². The maximum absolute atomic E-state index is 13.6. The first kappa shape index (κ1) is 12.8. The molecule has 1 saturated heterocycles. The van der Waals surface area contributed by atoms with Crippen LogP contribution in [0.1, 0.15) is 23.2 Å². The highest BCUT2D eigenvalue weighted by Gasteiger charge is 2.23. The normalized spacial score (nSPS) is 16.6. The molecule has 1 aliphatic rings. The minimum atomic E-state index is -1.01. The topological polar surface area (TPSA) is 64.4 Å². The van der Waals surface area contributed by atoms with E-state index in [-0.39, 0.29) is 11.7 Å². The molecule has 0 saturated carbocycles. The second-order valence-corrected chi connectivity index (χ2v) is 4.19. The lowest BCUT2D eigenvalue weighted by atomic mass is 10.1. The Morgan fingerprint density at radius 2 is 2.00 bits per heavy atom. The van der Waals surface area contributed by atoms with Crippen LogP contribution in [0.5, 0.6) is 0 Å². The van der Waals surface area contributed by atoms with E-state index in [9.17, 15) is 13.6 Å². The van der Waals surface area contributed by atoms with Crippen LogP contribution in [0.4, 0.5) is 14.5 Å². The van der Waals surface area contributed by atoms with Crippen LogP contribution in [0.15, 0.2) is 12.1 Å². The lowest BCUT2D eigenvalue weighted by molar-refractivity contribution is 0.0693. The zero-order valence-corrected chi connectivity index (χ0v) is 9.71. The van der Waals surface area contributed by atoms with E-state index in [2.05, 4.69) is 5.32 Å². The van der Waals surface area contributed by atoms with Crippen LogP contribution < -0.4 is 11.1 Å². The Bertz CT molecular complexity index is 460. The maximum atomic E-state index is 13.6. The molecule has 0 unspecified atom stereocenters. The molecule has 1 aliphatic heterocycles. The van der Waals surface area contributed by atoms with Crippen molar-refractivity contribution in [2.75, 3.05) is 18.9 Å². The summed E-state index contributed by atoms with van der Waals surface area (Å²) in [7, 11) is 0. The van der Waals surface area contributed by atoms with Crippen molar-refractivity contribution in [1.82, 2.24) is 5.32 Å². The highest BCUT2D eigenvalue weighted by molar-refractivity contribution is 5.95. The molecule has 4 nitrogen and oxygen atoms in total. The number of anilines is 1. The number of carbonyl (C=O) groups excluding carboxylic acids is 1. The number of halogens is 2. The summed E-state index contributed by atoms with van der Waals surface area (Å²) in [6.45, 7) is 1.07. The molecular formula is C12H14F2N2O2. The molecule has 0 spiro atoms. The largest absolute Gasteiger partial charge is 0.396 e. The molecule has 0 aromatic heterocycles. The number of amides is 1. The third-order valence-electron chi connectivity index (χ3n) is 2.90. The fourth-order valence-electron chi connectivity index (χ4n) is 1.88. The Balaban J connectivity index is 2.15. The summed E-state index contributed by atoms with van der Waals surface area (Å²) in [6.07, 6.45) is 1.27. The number of carbonyl (C=O) groups is 1. The van der Waals surface area contributed by atoms with Crippen LogP contribution in [-0.2, 0) is 4.74 Å². The molecule has 18 heavy (non-hydrogen) atoms. The standard InChI is InChI=1S/C12H14F2N2O2/c13-8-1-2-9(15)11(14)10(8)12(17)16-7-3-5-18-6-4-7/h1-2,7H,3-6,15H2,(H,16,17). The van der Waals surface area contributed by atoms with E-state index < -0.39 is 23.1 Å². The zero-order chi connectivity index (χ0) is 13.1. The minimum Gasteiger partial charge on any atom is -0.396 e. The summed E-state index contributed by atoms with van der Waals surface area (Å²) in [6, 6.07) is 1.96. The molecule has 0 atom stereocenters. The smallest absolute Gasteiger partial charge is 0.257 e. The van der Waals surface area contributed by atoms with Crippen molar-refractivity contribution in [3.05, 3.63) is 29.3 Å². The van der Waals surface area contributed by atoms with Gasteiger partial charge in [0.05, 0.1) is 5.69 Å². The van der Waals surface area contributed by atoms with Gasteiger partial charge < -0.3 is 15.8 Å². The third kappa shape index (κ3) is 2.59. The first-order valence-corrected chi connectivity index (χ1v) is 5.71. The molecular weight excluding hydrogens is 242 g/mol. The number of benzene rings is 1. The Hall–Kier alpha value is -1.69. The van der Waals surface area contributed by atoms with Gasteiger partial charge in [-0.3, -0.25) is 4.79 Å². The van der Waals surface area contributed by atoms with Gasteiger partial charge in [-0.2, -0.15) is 0 Å². The Morgan fingerprint density at radius 1 is 1.33 bits per heavy atom. The quantitative estimate of drug-likeness (QED) is 0.787. The van der Waals surface area contributed by atoms with Crippen molar-refractivity contribution in [3.63, 3.8) is 0 Å². The highest BCUT2D eigenvalue weighted by Crippen LogP contribution is 2.19. The Morgan fingerprint density at radius 3 is 2.67 bits per heavy atom. The monoisotopic (exact) mass is 256 g/mol. The first-order valence-electron chi connectivity index (χ1n) is 5.71. The van der Waals surface area contributed by atoms with Gasteiger partial charge in [-0.25, -0.2) is 8.78 Å². The third-order valence-corrected chi connectivity index (χ3v) is 2.90. The van der Waals surface area contributed by atoms with E-state index >= 15 is 0 Å². The molecule has 1 fully saturated rings. The molecule has 6 heteroatoms. The van der Waals surface area contributed by atoms with Gasteiger partial charge in [-0.05, 0) is 25.0 Å². The summed E-state index contributed by atoms with van der Waals surface area (Å²) in [5, 5.41) is 2.59. The van der Waals surface area contributed by atoms with Crippen LogP contribution in [0, 0.1) is 11.6 Å². The Labute approximate surface area is 103 Å². The molecule has 1 aromatic rings. The van der Waals surface area contributed by atoms with Gasteiger partial charge in [-0.15, -0.1) is 0 Å². The van der Waals surface area contributed by atoms with Crippen LogP contribution in [0.3, 0.4) is 0 Å². The van der Waals surface area contributed by atoms with Crippen molar-refractivity contribution in [1.29, 1.82) is 0 Å². The predicted octanol–water partition coefficient (Wildman–Crippen LogP) is 1.46. The number of nitrogen functional groups attached to an aromatic ring is 1. The number of nitrogens with two attached hydrogens (primary N) is 1. The van der Waals surface area contributed by atoms with Crippen molar-refractivity contribution >= 4 is 11.6 Å². The summed E-state index contributed by atoms with van der Waals surface area (Å²) < 4.78 is 32.2. The van der Waals surface area contributed by atoms with E-state index in [1.54, 1.807) is 0 Å². The molecule has 3 N–H and O–H groups in total. The minimum absolute atomic E-state index is 0.119. The number of nitrogens with one attached hydrogen (secondary N) is 1. The van der Waals surface area contributed by atoms with E-state index in [1.807, 2.05) is 0 Å². The first-order chi connectivity index (χ1) is 8.59. The highest BCUT2D eigenvalue weighted by atomic mass is 19.1. The van der Waals surface area contributed by atoms with Crippen molar-refractivity contribution in [3.8, 4) is 0 Å². The second kappa shape index (κ2) is 5.30.